The monoisotopic (exact) mass is 428 g/mol. The molecule has 0 radical (unpaired) electrons. The van der Waals surface area contributed by atoms with Crippen molar-refractivity contribution >= 4 is 30.3 Å². The van der Waals surface area contributed by atoms with Crippen molar-refractivity contribution in [2.45, 2.75) is 39.0 Å². The van der Waals surface area contributed by atoms with Gasteiger partial charge in [0.2, 0.25) is 5.91 Å². The minimum atomic E-state index is -1.17. The Morgan fingerprint density at radius 3 is 2.53 bits per heavy atom. The fourth-order valence-electron chi connectivity index (χ4n) is 3.78. The topological polar surface area (TPSA) is 90.5 Å². The second-order valence-electron chi connectivity index (χ2n) is 7.80. The molecule has 2 aromatic rings. The molecule has 4 amide bonds. The van der Waals surface area contributed by atoms with Gasteiger partial charge in [0, 0.05) is 19.6 Å². The van der Waals surface area contributed by atoms with Crippen LogP contribution in [0, 0.1) is 6.92 Å². The van der Waals surface area contributed by atoms with Gasteiger partial charge in [-0.15, -0.1) is 12.4 Å². The Bertz CT molecular complexity index is 992. The third kappa shape index (κ3) is 4.04. The molecule has 3 N–H and O–H groups in total. The smallest absolute Gasteiger partial charge is 0.325 e. The molecule has 0 spiro atoms. The second kappa shape index (κ2) is 8.45. The van der Waals surface area contributed by atoms with Crippen molar-refractivity contribution in [3.63, 3.8) is 0 Å². The van der Waals surface area contributed by atoms with E-state index >= 15 is 0 Å². The first-order valence-electron chi connectivity index (χ1n) is 9.66. The molecule has 1 fully saturated rings. The Labute approximate surface area is 181 Å². The molecule has 4 rings (SSSR count). The molecule has 8 heteroatoms. The summed E-state index contributed by atoms with van der Waals surface area (Å²) in [5.74, 6) is -0.801. The Morgan fingerprint density at radius 2 is 1.80 bits per heavy atom. The highest BCUT2D eigenvalue weighted by Gasteiger charge is 2.49. The van der Waals surface area contributed by atoms with E-state index in [0.29, 0.717) is 12.1 Å². The van der Waals surface area contributed by atoms with E-state index in [1.165, 1.54) is 11.1 Å². The summed E-state index contributed by atoms with van der Waals surface area (Å²) in [5.41, 5.74) is 4.08. The highest BCUT2D eigenvalue weighted by Crippen LogP contribution is 2.28. The minimum Gasteiger partial charge on any atom is -0.350 e. The van der Waals surface area contributed by atoms with Crippen LogP contribution in [0.5, 0.6) is 0 Å². The average Bonchev–Trinajstić information content (AvgIpc) is 3.25. The number of hydrogen-bond acceptors (Lipinski definition) is 4. The van der Waals surface area contributed by atoms with Gasteiger partial charge >= 0.3 is 6.03 Å². The van der Waals surface area contributed by atoms with Crippen LogP contribution in [-0.2, 0) is 34.8 Å². The van der Waals surface area contributed by atoms with Gasteiger partial charge < -0.3 is 16.0 Å². The Kier molecular flexibility index (Phi) is 6.14. The zero-order chi connectivity index (χ0) is 20.6. The Hall–Kier alpha value is -2.90. The van der Waals surface area contributed by atoms with Crippen molar-refractivity contribution in [2.75, 3.05) is 6.54 Å². The predicted octanol–water partition coefficient (Wildman–Crippen LogP) is 2.10. The predicted molar refractivity (Wildman–Crippen MR) is 115 cm³/mol. The highest BCUT2D eigenvalue weighted by atomic mass is 35.5. The van der Waals surface area contributed by atoms with Crippen LogP contribution in [0.15, 0.2) is 42.5 Å². The zero-order valence-corrected chi connectivity index (χ0v) is 17.8. The lowest BCUT2D eigenvalue weighted by atomic mass is 9.91. The molecule has 7 nitrogen and oxygen atoms in total. The number of urea groups is 1. The zero-order valence-electron chi connectivity index (χ0n) is 17.0. The summed E-state index contributed by atoms with van der Waals surface area (Å²) < 4.78 is 0. The number of imide groups is 1. The number of carbonyl (C=O) groups is 3. The van der Waals surface area contributed by atoms with Crippen LogP contribution < -0.4 is 16.0 Å². The van der Waals surface area contributed by atoms with Gasteiger partial charge in [0.25, 0.3) is 5.91 Å². The molecule has 2 aliphatic heterocycles. The molecule has 1 unspecified atom stereocenters. The first-order chi connectivity index (χ1) is 13.9. The Morgan fingerprint density at radius 1 is 1.10 bits per heavy atom. The standard InChI is InChI=1S/C22H24N4O3.ClH/c1-14-3-7-18(8-4-14)22(2)20(28)26(21(29)25-22)13-19(27)24-10-15-5-6-16-11-23-12-17(16)9-15;/h3-9,23H,10-13H2,1-2H3,(H,24,27)(H,25,29);1H. The summed E-state index contributed by atoms with van der Waals surface area (Å²) in [6.07, 6.45) is 0. The van der Waals surface area contributed by atoms with E-state index in [4.69, 9.17) is 0 Å². The maximum absolute atomic E-state index is 12.9. The number of nitrogens with one attached hydrogen (secondary N) is 3. The maximum Gasteiger partial charge on any atom is 0.325 e. The summed E-state index contributed by atoms with van der Waals surface area (Å²) >= 11 is 0. The number of rotatable bonds is 5. The van der Waals surface area contributed by atoms with Gasteiger partial charge in [-0.25, -0.2) is 4.79 Å². The van der Waals surface area contributed by atoms with Gasteiger partial charge in [-0.2, -0.15) is 0 Å². The molecule has 0 saturated carbocycles. The largest absolute Gasteiger partial charge is 0.350 e. The average molecular weight is 429 g/mol. The van der Waals surface area contributed by atoms with Gasteiger partial charge in [0.05, 0.1) is 0 Å². The van der Waals surface area contributed by atoms with E-state index in [1.54, 1.807) is 6.92 Å². The van der Waals surface area contributed by atoms with Crippen LogP contribution >= 0.6 is 12.4 Å². The molecule has 30 heavy (non-hydrogen) atoms. The van der Waals surface area contributed by atoms with Crippen LogP contribution in [0.25, 0.3) is 0 Å². The van der Waals surface area contributed by atoms with Crippen molar-refractivity contribution in [3.8, 4) is 0 Å². The summed E-state index contributed by atoms with van der Waals surface area (Å²) in [6.45, 7) is 5.36. The molecular weight excluding hydrogens is 404 g/mol. The molecule has 1 atom stereocenters. The van der Waals surface area contributed by atoms with E-state index in [9.17, 15) is 14.4 Å². The Balaban J connectivity index is 0.00000256. The van der Waals surface area contributed by atoms with Crippen LogP contribution in [0.4, 0.5) is 4.79 Å². The van der Waals surface area contributed by atoms with Crippen LogP contribution in [0.1, 0.15) is 34.7 Å². The van der Waals surface area contributed by atoms with Crippen molar-refractivity contribution in [3.05, 3.63) is 70.3 Å². The molecule has 2 aliphatic rings. The summed E-state index contributed by atoms with van der Waals surface area (Å²) in [4.78, 5) is 38.7. The number of benzene rings is 2. The minimum absolute atomic E-state index is 0. The third-order valence-electron chi connectivity index (χ3n) is 5.60. The lowest BCUT2D eigenvalue weighted by Crippen LogP contribution is -2.43. The SMILES string of the molecule is Cc1ccc(C2(C)NC(=O)N(CC(=O)NCc3ccc4c(c3)CNC4)C2=O)cc1.Cl. The number of aryl methyl sites for hydroxylation is 1. The molecule has 0 aromatic heterocycles. The molecule has 0 bridgehead atoms. The van der Waals surface area contributed by atoms with Gasteiger partial charge in [-0.3, -0.25) is 14.5 Å². The number of halogens is 1. The highest BCUT2D eigenvalue weighted by molar-refractivity contribution is 6.09. The summed E-state index contributed by atoms with van der Waals surface area (Å²) in [6, 6.07) is 13.0. The van der Waals surface area contributed by atoms with E-state index in [-0.39, 0.29) is 24.9 Å². The van der Waals surface area contributed by atoms with Crippen LogP contribution in [0.2, 0.25) is 0 Å². The second-order valence-corrected chi connectivity index (χ2v) is 7.80. The third-order valence-corrected chi connectivity index (χ3v) is 5.60. The first-order valence-corrected chi connectivity index (χ1v) is 9.66. The first kappa shape index (κ1) is 21.8. The van der Waals surface area contributed by atoms with E-state index in [1.807, 2.05) is 37.3 Å². The molecule has 158 valence electrons. The van der Waals surface area contributed by atoms with E-state index in [0.717, 1.165) is 29.1 Å². The quantitative estimate of drug-likeness (QED) is 0.636. The summed E-state index contributed by atoms with van der Waals surface area (Å²) in [7, 11) is 0. The number of amides is 4. The lowest BCUT2D eigenvalue weighted by molar-refractivity contribution is -0.134. The fourth-order valence-corrected chi connectivity index (χ4v) is 3.78. The maximum atomic E-state index is 12.9. The van der Waals surface area contributed by atoms with Gasteiger partial charge in [-0.05, 0) is 36.1 Å². The van der Waals surface area contributed by atoms with Crippen molar-refractivity contribution in [1.82, 2.24) is 20.9 Å². The van der Waals surface area contributed by atoms with E-state index < -0.39 is 17.5 Å². The van der Waals surface area contributed by atoms with E-state index in [2.05, 4.69) is 28.1 Å². The van der Waals surface area contributed by atoms with Crippen molar-refractivity contribution < 1.29 is 14.4 Å². The molecule has 2 aromatic carbocycles. The molecular formula is C22H25ClN4O3. The summed E-state index contributed by atoms with van der Waals surface area (Å²) in [5, 5.41) is 8.81. The molecule has 1 saturated heterocycles. The normalized spacial score (nSPS) is 19.9. The van der Waals surface area contributed by atoms with Crippen molar-refractivity contribution in [2.24, 2.45) is 0 Å². The number of hydrogen-bond donors (Lipinski definition) is 3. The van der Waals surface area contributed by atoms with Gasteiger partial charge in [0.15, 0.2) is 0 Å². The van der Waals surface area contributed by atoms with Crippen LogP contribution in [-0.4, -0.2) is 29.3 Å². The number of fused-ring (bicyclic) bond motifs is 1. The number of nitrogens with zero attached hydrogens (tertiary/aromatic N) is 1. The molecule has 2 heterocycles. The van der Waals surface area contributed by atoms with Crippen LogP contribution in [0.3, 0.4) is 0 Å². The number of carbonyl (C=O) groups excluding carboxylic acids is 3. The lowest BCUT2D eigenvalue weighted by Gasteiger charge is -2.22. The van der Waals surface area contributed by atoms with Crippen molar-refractivity contribution in [1.29, 1.82) is 0 Å². The van der Waals surface area contributed by atoms with Gasteiger partial charge in [-0.1, -0.05) is 48.0 Å². The van der Waals surface area contributed by atoms with Gasteiger partial charge in [0.1, 0.15) is 12.1 Å². The molecule has 0 aliphatic carbocycles. The fraction of sp³-hybridized carbons (Fsp3) is 0.318.